The summed E-state index contributed by atoms with van der Waals surface area (Å²) in [7, 11) is 1.60. The van der Waals surface area contributed by atoms with Crippen molar-refractivity contribution in [3.63, 3.8) is 0 Å². The summed E-state index contributed by atoms with van der Waals surface area (Å²) in [6, 6.07) is 13.3. The number of alkyl halides is 1. The number of hydrogen-bond acceptors (Lipinski definition) is 3. The van der Waals surface area contributed by atoms with Crippen LogP contribution in [0, 0.1) is 18.3 Å². The van der Waals surface area contributed by atoms with E-state index < -0.39 is 0 Å². The molecule has 2 aromatic carbocycles. The van der Waals surface area contributed by atoms with Crippen LogP contribution in [0.5, 0.6) is 11.5 Å². The van der Waals surface area contributed by atoms with Crippen LogP contribution in [-0.4, -0.2) is 7.11 Å². The predicted octanol–water partition coefficient (Wildman–Crippen LogP) is 4.19. The highest BCUT2D eigenvalue weighted by atomic mass is 35.5. The molecule has 0 aliphatic heterocycles. The second-order valence-electron chi connectivity index (χ2n) is 4.62. The van der Waals surface area contributed by atoms with Crippen LogP contribution in [0.25, 0.3) is 0 Å². The van der Waals surface area contributed by atoms with Crippen LogP contribution in [0.2, 0.25) is 0 Å². The first-order valence-corrected chi connectivity index (χ1v) is 7.07. The molecular formula is C17H16ClNO2. The molecule has 0 amide bonds. The van der Waals surface area contributed by atoms with Crippen LogP contribution in [0.4, 0.5) is 0 Å². The third kappa shape index (κ3) is 3.48. The third-order valence-corrected chi connectivity index (χ3v) is 3.51. The van der Waals surface area contributed by atoms with Crippen molar-refractivity contribution >= 4 is 11.6 Å². The lowest BCUT2D eigenvalue weighted by Gasteiger charge is -2.14. The van der Waals surface area contributed by atoms with E-state index in [2.05, 4.69) is 6.07 Å². The lowest BCUT2D eigenvalue weighted by molar-refractivity contribution is 0.292. The van der Waals surface area contributed by atoms with Gasteiger partial charge < -0.3 is 9.47 Å². The van der Waals surface area contributed by atoms with Crippen LogP contribution >= 0.6 is 11.6 Å². The van der Waals surface area contributed by atoms with Gasteiger partial charge in [0.15, 0.2) is 0 Å². The molecular weight excluding hydrogens is 286 g/mol. The standard InChI is InChI=1S/C17H16ClNO2/c1-12-4-3-5-14(9-18)17(12)21-11-15-8-13(10-19)6-7-16(15)20-2/h3-8H,9,11H2,1-2H3. The number of hydrogen-bond donors (Lipinski definition) is 0. The van der Waals surface area contributed by atoms with Gasteiger partial charge in [-0.05, 0) is 30.7 Å². The molecule has 2 aromatic rings. The van der Waals surface area contributed by atoms with Gasteiger partial charge in [-0.2, -0.15) is 5.26 Å². The van der Waals surface area contributed by atoms with Gasteiger partial charge >= 0.3 is 0 Å². The Balaban J connectivity index is 2.26. The topological polar surface area (TPSA) is 42.2 Å². The summed E-state index contributed by atoms with van der Waals surface area (Å²) < 4.78 is 11.2. The van der Waals surface area contributed by atoms with Gasteiger partial charge in [0.2, 0.25) is 0 Å². The Morgan fingerprint density at radius 2 is 2.00 bits per heavy atom. The number of halogens is 1. The summed E-state index contributed by atoms with van der Waals surface area (Å²) in [6.45, 7) is 2.31. The Kier molecular flexibility index (Phi) is 5.08. The molecule has 4 heteroatoms. The van der Waals surface area contributed by atoms with E-state index in [1.165, 1.54) is 0 Å². The molecule has 0 saturated carbocycles. The zero-order valence-electron chi connectivity index (χ0n) is 12.0. The van der Waals surface area contributed by atoms with Gasteiger partial charge in [0.1, 0.15) is 18.1 Å². The van der Waals surface area contributed by atoms with E-state index in [4.69, 9.17) is 26.3 Å². The fourth-order valence-electron chi connectivity index (χ4n) is 2.14. The minimum absolute atomic E-state index is 0.327. The van der Waals surface area contributed by atoms with Gasteiger partial charge in [-0.3, -0.25) is 0 Å². The molecule has 0 spiro atoms. The summed E-state index contributed by atoms with van der Waals surface area (Å²) in [5.74, 6) is 1.89. The lowest BCUT2D eigenvalue weighted by atomic mass is 10.1. The van der Waals surface area contributed by atoms with Crippen molar-refractivity contribution in [3.05, 3.63) is 58.7 Å². The molecule has 0 aliphatic rings. The molecule has 3 nitrogen and oxygen atoms in total. The van der Waals surface area contributed by atoms with Crippen molar-refractivity contribution in [2.24, 2.45) is 0 Å². The van der Waals surface area contributed by atoms with Gasteiger partial charge in [0, 0.05) is 11.1 Å². The highest BCUT2D eigenvalue weighted by Crippen LogP contribution is 2.28. The van der Waals surface area contributed by atoms with Crippen molar-refractivity contribution in [1.82, 2.24) is 0 Å². The molecule has 0 radical (unpaired) electrons. The van der Waals surface area contributed by atoms with Crippen LogP contribution in [0.3, 0.4) is 0 Å². The van der Waals surface area contributed by atoms with Crippen molar-refractivity contribution in [1.29, 1.82) is 5.26 Å². The van der Waals surface area contributed by atoms with Crippen LogP contribution in [-0.2, 0) is 12.5 Å². The Labute approximate surface area is 129 Å². The first-order valence-electron chi connectivity index (χ1n) is 6.54. The minimum Gasteiger partial charge on any atom is -0.496 e. The van der Waals surface area contributed by atoms with E-state index in [-0.39, 0.29) is 0 Å². The zero-order chi connectivity index (χ0) is 15.2. The number of methoxy groups -OCH3 is 1. The maximum absolute atomic E-state index is 8.99. The summed E-state index contributed by atoms with van der Waals surface area (Å²) in [4.78, 5) is 0. The molecule has 0 aromatic heterocycles. The van der Waals surface area contributed by atoms with E-state index in [0.717, 1.165) is 22.4 Å². The van der Waals surface area contributed by atoms with Gasteiger partial charge in [-0.1, -0.05) is 18.2 Å². The average molecular weight is 302 g/mol. The van der Waals surface area contributed by atoms with E-state index in [1.54, 1.807) is 25.3 Å². The molecule has 0 bridgehead atoms. The quantitative estimate of drug-likeness (QED) is 0.778. The van der Waals surface area contributed by atoms with Gasteiger partial charge in [0.25, 0.3) is 0 Å². The molecule has 0 N–H and O–H groups in total. The fourth-order valence-corrected chi connectivity index (χ4v) is 2.35. The van der Waals surface area contributed by atoms with E-state index in [9.17, 15) is 0 Å². The summed E-state index contributed by atoms with van der Waals surface area (Å²) in [5.41, 5.74) is 3.40. The number of nitrogens with zero attached hydrogens (tertiary/aromatic N) is 1. The highest BCUT2D eigenvalue weighted by molar-refractivity contribution is 6.17. The Morgan fingerprint density at radius 3 is 2.67 bits per heavy atom. The molecule has 0 heterocycles. The molecule has 108 valence electrons. The number of rotatable bonds is 5. The predicted molar refractivity (Wildman–Crippen MR) is 82.8 cm³/mol. The second kappa shape index (κ2) is 7.01. The first-order chi connectivity index (χ1) is 10.2. The van der Waals surface area contributed by atoms with E-state index >= 15 is 0 Å². The smallest absolute Gasteiger partial charge is 0.127 e. The van der Waals surface area contributed by atoms with Gasteiger partial charge in [0.05, 0.1) is 24.6 Å². The lowest BCUT2D eigenvalue weighted by Crippen LogP contribution is -2.02. The van der Waals surface area contributed by atoms with E-state index in [0.29, 0.717) is 23.8 Å². The SMILES string of the molecule is COc1ccc(C#N)cc1COc1c(C)cccc1CCl. The number of nitriles is 1. The average Bonchev–Trinajstić information content (AvgIpc) is 2.53. The number of ether oxygens (including phenoxy) is 2. The van der Waals surface area contributed by atoms with Gasteiger partial charge in [-0.15, -0.1) is 11.6 Å². The Bertz CT molecular complexity index is 677. The summed E-state index contributed by atoms with van der Waals surface area (Å²) in [6.07, 6.45) is 0. The Morgan fingerprint density at radius 1 is 1.19 bits per heavy atom. The van der Waals surface area contributed by atoms with Gasteiger partial charge in [-0.25, -0.2) is 0 Å². The Hall–Kier alpha value is -2.18. The normalized spacial score (nSPS) is 10.0. The summed E-state index contributed by atoms with van der Waals surface area (Å²) in [5, 5.41) is 8.99. The molecule has 2 rings (SSSR count). The van der Waals surface area contributed by atoms with Crippen molar-refractivity contribution in [3.8, 4) is 17.6 Å². The summed E-state index contributed by atoms with van der Waals surface area (Å²) >= 11 is 5.94. The maximum Gasteiger partial charge on any atom is 0.127 e. The number of para-hydroxylation sites is 1. The molecule has 0 aliphatic carbocycles. The first kappa shape index (κ1) is 15.2. The molecule has 0 saturated heterocycles. The highest BCUT2D eigenvalue weighted by Gasteiger charge is 2.09. The zero-order valence-corrected chi connectivity index (χ0v) is 12.8. The largest absolute Gasteiger partial charge is 0.496 e. The monoisotopic (exact) mass is 301 g/mol. The molecule has 21 heavy (non-hydrogen) atoms. The van der Waals surface area contributed by atoms with Crippen molar-refractivity contribution in [2.75, 3.05) is 7.11 Å². The van der Waals surface area contributed by atoms with Crippen LogP contribution < -0.4 is 9.47 Å². The molecule has 0 unspecified atom stereocenters. The maximum atomic E-state index is 8.99. The third-order valence-electron chi connectivity index (χ3n) is 3.22. The second-order valence-corrected chi connectivity index (χ2v) is 4.89. The molecule has 0 atom stereocenters. The van der Waals surface area contributed by atoms with Crippen LogP contribution in [0.15, 0.2) is 36.4 Å². The van der Waals surface area contributed by atoms with E-state index in [1.807, 2.05) is 25.1 Å². The fraction of sp³-hybridized carbons (Fsp3) is 0.235. The molecule has 0 fully saturated rings. The number of aryl methyl sites for hydroxylation is 1. The number of benzene rings is 2. The van der Waals surface area contributed by atoms with Crippen molar-refractivity contribution < 1.29 is 9.47 Å². The van der Waals surface area contributed by atoms with Crippen molar-refractivity contribution in [2.45, 2.75) is 19.4 Å². The van der Waals surface area contributed by atoms with Crippen LogP contribution in [0.1, 0.15) is 22.3 Å². The minimum atomic E-state index is 0.327.